The number of hydrogen-bond donors (Lipinski definition) is 1. The SMILES string of the molecule is CC(C)N(CCO)CC(C)(C)C. The minimum absolute atomic E-state index is 0.258. The number of nitrogens with zero attached hydrogens (tertiary/aromatic N) is 1. The first-order valence-electron chi connectivity index (χ1n) is 4.72. The standard InChI is InChI=1S/C10H23NO/c1-9(2)11(6-7-12)8-10(3,4)5/h9,12H,6-8H2,1-5H3. The van der Waals surface area contributed by atoms with E-state index in [4.69, 9.17) is 5.11 Å². The lowest BCUT2D eigenvalue weighted by molar-refractivity contribution is 0.124. The van der Waals surface area contributed by atoms with Crippen molar-refractivity contribution in [2.45, 2.75) is 40.7 Å². The average molecular weight is 173 g/mol. The van der Waals surface area contributed by atoms with Gasteiger partial charge in [-0.3, -0.25) is 4.90 Å². The molecule has 0 bridgehead atoms. The summed E-state index contributed by atoms with van der Waals surface area (Å²) in [7, 11) is 0. The second kappa shape index (κ2) is 4.83. The molecule has 0 aromatic rings. The number of aliphatic hydroxyl groups excluding tert-OH is 1. The molecule has 0 spiro atoms. The summed E-state index contributed by atoms with van der Waals surface area (Å²) in [5, 5.41) is 8.84. The molecule has 0 unspecified atom stereocenters. The van der Waals surface area contributed by atoms with Crippen molar-refractivity contribution < 1.29 is 5.11 Å². The summed E-state index contributed by atoms with van der Waals surface area (Å²) < 4.78 is 0. The van der Waals surface area contributed by atoms with Crippen LogP contribution in [0.2, 0.25) is 0 Å². The van der Waals surface area contributed by atoms with E-state index in [0.29, 0.717) is 11.5 Å². The number of aliphatic hydroxyl groups is 1. The molecule has 0 aliphatic carbocycles. The van der Waals surface area contributed by atoms with Crippen molar-refractivity contribution in [3.63, 3.8) is 0 Å². The second-order valence-corrected chi connectivity index (χ2v) is 4.85. The molecule has 2 nitrogen and oxygen atoms in total. The average Bonchev–Trinajstić information content (AvgIpc) is 1.83. The second-order valence-electron chi connectivity index (χ2n) is 4.85. The molecule has 74 valence electrons. The third-order valence-electron chi connectivity index (χ3n) is 1.79. The highest BCUT2D eigenvalue weighted by molar-refractivity contribution is 4.71. The lowest BCUT2D eigenvalue weighted by atomic mass is 9.95. The molecule has 2 heteroatoms. The fourth-order valence-electron chi connectivity index (χ4n) is 1.26. The van der Waals surface area contributed by atoms with Crippen molar-refractivity contribution in [3.8, 4) is 0 Å². The van der Waals surface area contributed by atoms with E-state index < -0.39 is 0 Å². The Bertz CT molecular complexity index is 115. The Balaban J connectivity index is 3.95. The molecule has 0 heterocycles. The molecule has 0 saturated carbocycles. The van der Waals surface area contributed by atoms with Crippen molar-refractivity contribution in [2.75, 3.05) is 19.7 Å². The maximum Gasteiger partial charge on any atom is 0.0558 e. The predicted molar refractivity (Wildman–Crippen MR) is 53.2 cm³/mol. The van der Waals surface area contributed by atoms with Gasteiger partial charge < -0.3 is 5.11 Å². The fraction of sp³-hybridized carbons (Fsp3) is 1.00. The van der Waals surface area contributed by atoms with E-state index >= 15 is 0 Å². The van der Waals surface area contributed by atoms with Crippen LogP contribution in [0.5, 0.6) is 0 Å². The highest BCUT2D eigenvalue weighted by atomic mass is 16.3. The van der Waals surface area contributed by atoms with E-state index in [0.717, 1.165) is 13.1 Å². The van der Waals surface area contributed by atoms with Gasteiger partial charge in [0.15, 0.2) is 0 Å². The Kier molecular flexibility index (Phi) is 4.80. The topological polar surface area (TPSA) is 23.5 Å². The van der Waals surface area contributed by atoms with Gasteiger partial charge in [-0.05, 0) is 19.3 Å². The van der Waals surface area contributed by atoms with Crippen LogP contribution < -0.4 is 0 Å². The van der Waals surface area contributed by atoms with Crippen LogP contribution in [0.3, 0.4) is 0 Å². The normalized spacial score (nSPS) is 13.0. The molecule has 0 radical (unpaired) electrons. The van der Waals surface area contributed by atoms with E-state index in [2.05, 4.69) is 39.5 Å². The Morgan fingerprint density at radius 3 is 2.00 bits per heavy atom. The molecule has 0 aliphatic rings. The van der Waals surface area contributed by atoms with Gasteiger partial charge in [-0.15, -0.1) is 0 Å². The van der Waals surface area contributed by atoms with Crippen LogP contribution in [0.4, 0.5) is 0 Å². The predicted octanol–water partition coefficient (Wildman–Crippen LogP) is 1.74. The van der Waals surface area contributed by atoms with Gasteiger partial charge in [-0.2, -0.15) is 0 Å². The van der Waals surface area contributed by atoms with Gasteiger partial charge in [0, 0.05) is 19.1 Å². The van der Waals surface area contributed by atoms with E-state index in [1.807, 2.05) is 0 Å². The number of rotatable bonds is 4. The minimum atomic E-state index is 0.258. The van der Waals surface area contributed by atoms with Gasteiger partial charge in [-0.1, -0.05) is 20.8 Å². The fourth-order valence-corrected chi connectivity index (χ4v) is 1.26. The number of hydrogen-bond acceptors (Lipinski definition) is 2. The van der Waals surface area contributed by atoms with Crippen LogP contribution in [0.15, 0.2) is 0 Å². The summed E-state index contributed by atoms with van der Waals surface area (Å²) >= 11 is 0. The van der Waals surface area contributed by atoms with E-state index in [-0.39, 0.29) is 6.61 Å². The highest BCUT2D eigenvalue weighted by Gasteiger charge is 2.17. The third kappa shape index (κ3) is 5.56. The van der Waals surface area contributed by atoms with Gasteiger partial charge in [0.05, 0.1) is 6.61 Å². The molecule has 0 amide bonds. The first-order valence-corrected chi connectivity index (χ1v) is 4.72. The smallest absolute Gasteiger partial charge is 0.0558 e. The quantitative estimate of drug-likeness (QED) is 0.700. The molecule has 0 aromatic carbocycles. The summed E-state index contributed by atoms with van der Waals surface area (Å²) in [5.74, 6) is 0. The van der Waals surface area contributed by atoms with E-state index in [1.54, 1.807) is 0 Å². The Hall–Kier alpha value is -0.0800. The zero-order valence-corrected chi connectivity index (χ0v) is 9.09. The van der Waals surface area contributed by atoms with Crippen molar-refractivity contribution >= 4 is 0 Å². The summed E-state index contributed by atoms with van der Waals surface area (Å²) in [6.45, 7) is 13.1. The Morgan fingerprint density at radius 2 is 1.75 bits per heavy atom. The molecular formula is C10H23NO. The summed E-state index contributed by atoms with van der Waals surface area (Å²) in [5.41, 5.74) is 0.319. The minimum Gasteiger partial charge on any atom is -0.395 e. The van der Waals surface area contributed by atoms with Gasteiger partial charge in [0.25, 0.3) is 0 Å². The monoisotopic (exact) mass is 173 g/mol. The van der Waals surface area contributed by atoms with Crippen molar-refractivity contribution in [3.05, 3.63) is 0 Å². The molecule has 0 aliphatic heterocycles. The molecule has 12 heavy (non-hydrogen) atoms. The summed E-state index contributed by atoms with van der Waals surface area (Å²) in [6, 6.07) is 0.524. The van der Waals surface area contributed by atoms with Crippen LogP contribution in [-0.2, 0) is 0 Å². The van der Waals surface area contributed by atoms with Crippen LogP contribution >= 0.6 is 0 Å². The molecule has 0 saturated heterocycles. The molecule has 0 rings (SSSR count). The highest BCUT2D eigenvalue weighted by Crippen LogP contribution is 2.16. The Morgan fingerprint density at radius 1 is 1.25 bits per heavy atom. The largest absolute Gasteiger partial charge is 0.395 e. The molecule has 0 aromatic heterocycles. The lowest BCUT2D eigenvalue weighted by Gasteiger charge is -2.32. The maximum absolute atomic E-state index is 8.84. The van der Waals surface area contributed by atoms with Crippen molar-refractivity contribution in [2.24, 2.45) is 5.41 Å². The zero-order valence-electron chi connectivity index (χ0n) is 9.09. The van der Waals surface area contributed by atoms with Crippen LogP contribution in [0.25, 0.3) is 0 Å². The first-order chi connectivity index (χ1) is 5.37. The van der Waals surface area contributed by atoms with Crippen LogP contribution in [0, 0.1) is 5.41 Å². The Labute approximate surface area is 76.6 Å². The molecular weight excluding hydrogens is 150 g/mol. The molecule has 0 fully saturated rings. The van der Waals surface area contributed by atoms with Gasteiger partial charge in [0.2, 0.25) is 0 Å². The van der Waals surface area contributed by atoms with Crippen LogP contribution in [-0.4, -0.2) is 35.7 Å². The first kappa shape index (κ1) is 11.9. The van der Waals surface area contributed by atoms with Crippen LogP contribution in [0.1, 0.15) is 34.6 Å². The van der Waals surface area contributed by atoms with E-state index in [9.17, 15) is 0 Å². The van der Waals surface area contributed by atoms with Crippen molar-refractivity contribution in [1.29, 1.82) is 0 Å². The molecule has 1 N–H and O–H groups in total. The van der Waals surface area contributed by atoms with E-state index in [1.165, 1.54) is 0 Å². The molecule has 0 atom stereocenters. The van der Waals surface area contributed by atoms with Gasteiger partial charge >= 0.3 is 0 Å². The zero-order chi connectivity index (χ0) is 9.78. The van der Waals surface area contributed by atoms with Gasteiger partial charge in [-0.25, -0.2) is 0 Å². The third-order valence-corrected chi connectivity index (χ3v) is 1.79. The summed E-state index contributed by atoms with van der Waals surface area (Å²) in [6.07, 6.45) is 0. The lowest BCUT2D eigenvalue weighted by Crippen LogP contribution is -2.39. The van der Waals surface area contributed by atoms with Gasteiger partial charge in [0.1, 0.15) is 0 Å². The van der Waals surface area contributed by atoms with Crippen molar-refractivity contribution in [1.82, 2.24) is 4.90 Å². The maximum atomic E-state index is 8.84. The summed E-state index contributed by atoms with van der Waals surface area (Å²) in [4.78, 5) is 2.31.